The van der Waals surface area contributed by atoms with Crippen LogP contribution in [0.3, 0.4) is 0 Å². The lowest BCUT2D eigenvalue weighted by Gasteiger charge is -2.38. The van der Waals surface area contributed by atoms with Crippen LogP contribution in [0.4, 0.5) is 8.78 Å². The van der Waals surface area contributed by atoms with Crippen LogP contribution < -0.4 is 26.3 Å². The Hall–Kier alpha value is -1.80. The van der Waals surface area contributed by atoms with Gasteiger partial charge in [-0.3, -0.25) is 0 Å². The standard InChI is InChI=1S/C23H31F2N2O3.BrH/c1-4-5-14-27-16-20(26(3)17(27)2)30-21(28)23(29,18-10-7-6-8-11-18)19-12-9-13-22(24,25)15-19;/h6-8,10-11,16,19,29H,4-5,9,12-15H2,1-3H3;1H/q+1;/p-1/t19-,23+;/m1./s1. The van der Waals surface area contributed by atoms with Gasteiger partial charge in [0.05, 0.1) is 13.6 Å². The molecule has 0 spiro atoms. The first kappa shape index (κ1) is 25.5. The van der Waals surface area contributed by atoms with Gasteiger partial charge in [-0.15, -0.1) is 0 Å². The first-order valence-corrected chi connectivity index (χ1v) is 10.6. The van der Waals surface area contributed by atoms with Crippen LogP contribution in [0.1, 0.15) is 56.8 Å². The van der Waals surface area contributed by atoms with Crippen molar-refractivity contribution >= 4 is 5.97 Å². The van der Waals surface area contributed by atoms with Gasteiger partial charge in [-0.2, -0.15) is 4.57 Å². The summed E-state index contributed by atoms with van der Waals surface area (Å²) in [6.07, 6.45) is 3.55. The monoisotopic (exact) mass is 500 g/mol. The van der Waals surface area contributed by atoms with Crippen LogP contribution in [-0.2, 0) is 24.0 Å². The summed E-state index contributed by atoms with van der Waals surface area (Å²) in [5.74, 6) is -3.56. The first-order chi connectivity index (χ1) is 14.2. The molecule has 0 amide bonds. The maximum atomic E-state index is 14.2. The van der Waals surface area contributed by atoms with Gasteiger partial charge >= 0.3 is 11.8 Å². The number of carbonyl (C=O) groups is 1. The van der Waals surface area contributed by atoms with Gasteiger partial charge in [0, 0.05) is 25.7 Å². The zero-order valence-corrected chi connectivity index (χ0v) is 19.9. The molecule has 0 unspecified atom stereocenters. The summed E-state index contributed by atoms with van der Waals surface area (Å²) in [6.45, 7) is 4.79. The van der Waals surface area contributed by atoms with Crippen LogP contribution in [0.2, 0.25) is 0 Å². The molecule has 0 aliphatic heterocycles. The Balaban J connectivity index is 0.00000341. The van der Waals surface area contributed by atoms with E-state index in [1.54, 1.807) is 48.1 Å². The summed E-state index contributed by atoms with van der Waals surface area (Å²) in [5.41, 5.74) is -1.86. The van der Waals surface area contributed by atoms with Gasteiger partial charge in [-0.25, -0.2) is 18.1 Å². The lowest BCUT2D eigenvalue weighted by molar-refractivity contribution is -0.681. The molecule has 1 fully saturated rings. The van der Waals surface area contributed by atoms with Gasteiger partial charge in [0.25, 0.3) is 5.82 Å². The number of nitrogens with zero attached hydrogens (tertiary/aromatic N) is 2. The molecule has 2 aromatic rings. The van der Waals surface area contributed by atoms with E-state index in [1.807, 2.05) is 11.5 Å². The molecule has 0 saturated heterocycles. The number of carbonyl (C=O) groups excluding carboxylic acids is 1. The molecule has 0 radical (unpaired) electrons. The zero-order chi connectivity index (χ0) is 21.9. The van der Waals surface area contributed by atoms with Crippen molar-refractivity contribution in [3.8, 4) is 5.88 Å². The third kappa shape index (κ3) is 5.34. The number of unbranched alkanes of at least 4 members (excludes halogenated alkanes) is 1. The second kappa shape index (κ2) is 10.2. The van der Waals surface area contributed by atoms with Gasteiger partial charge < -0.3 is 26.8 Å². The fourth-order valence-electron chi connectivity index (χ4n) is 4.23. The van der Waals surface area contributed by atoms with Gasteiger partial charge in [-0.05, 0) is 24.8 Å². The minimum Gasteiger partial charge on any atom is -1.00 e. The number of hydrogen-bond donors (Lipinski definition) is 1. The largest absolute Gasteiger partial charge is 1.00 e. The molecular weight excluding hydrogens is 470 g/mol. The smallest absolute Gasteiger partial charge is 0.351 e. The number of benzene rings is 1. The van der Waals surface area contributed by atoms with Gasteiger partial charge in [0.1, 0.15) is 0 Å². The van der Waals surface area contributed by atoms with Crippen molar-refractivity contribution in [1.29, 1.82) is 0 Å². The topological polar surface area (TPSA) is 55.3 Å². The number of ether oxygens (including phenoxy) is 1. The van der Waals surface area contributed by atoms with Crippen LogP contribution in [0.25, 0.3) is 0 Å². The van der Waals surface area contributed by atoms with Crippen LogP contribution in [0.5, 0.6) is 5.88 Å². The van der Waals surface area contributed by atoms with Crippen molar-refractivity contribution in [1.82, 2.24) is 4.57 Å². The minimum atomic E-state index is -2.91. The Kier molecular flexibility index (Phi) is 8.39. The molecule has 1 aromatic heterocycles. The molecule has 1 N–H and O–H groups in total. The normalized spacial score (nSPS) is 19.9. The van der Waals surface area contributed by atoms with E-state index in [2.05, 4.69) is 6.92 Å². The Morgan fingerprint density at radius 2 is 2.03 bits per heavy atom. The molecule has 172 valence electrons. The van der Waals surface area contributed by atoms with Crippen molar-refractivity contribution in [3.05, 3.63) is 47.9 Å². The Bertz CT molecular complexity index is 888. The Labute approximate surface area is 192 Å². The number of aliphatic hydroxyl groups is 1. The molecule has 1 aliphatic carbocycles. The number of rotatable bonds is 7. The summed E-state index contributed by atoms with van der Waals surface area (Å²) in [7, 11) is 1.77. The minimum absolute atomic E-state index is 0. The van der Waals surface area contributed by atoms with E-state index in [1.165, 1.54) is 0 Å². The highest BCUT2D eigenvalue weighted by Gasteiger charge is 2.52. The van der Waals surface area contributed by atoms with E-state index in [0.29, 0.717) is 6.42 Å². The summed E-state index contributed by atoms with van der Waals surface area (Å²) in [5, 5.41) is 11.6. The summed E-state index contributed by atoms with van der Waals surface area (Å²) >= 11 is 0. The maximum Gasteiger partial charge on any atom is 0.351 e. The highest BCUT2D eigenvalue weighted by Crippen LogP contribution is 2.45. The molecule has 1 saturated carbocycles. The maximum absolute atomic E-state index is 14.2. The summed E-state index contributed by atoms with van der Waals surface area (Å²) < 4.78 is 37.7. The third-order valence-electron chi connectivity index (χ3n) is 6.20. The predicted molar refractivity (Wildman–Crippen MR) is 108 cm³/mol. The summed E-state index contributed by atoms with van der Waals surface area (Å²) in [6, 6.07) is 8.29. The van der Waals surface area contributed by atoms with Crippen molar-refractivity contribution in [2.75, 3.05) is 0 Å². The fourth-order valence-corrected chi connectivity index (χ4v) is 4.23. The third-order valence-corrected chi connectivity index (χ3v) is 6.20. The fraction of sp³-hybridized carbons (Fsp3) is 0.565. The van der Waals surface area contributed by atoms with Gasteiger partial charge in [0.2, 0.25) is 5.92 Å². The predicted octanol–water partition coefficient (Wildman–Crippen LogP) is 1.04. The number of imidazole rings is 1. The highest BCUT2D eigenvalue weighted by atomic mass is 79.9. The molecule has 5 nitrogen and oxygen atoms in total. The number of aryl methyl sites for hydroxylation is 1. The van der Waals surface area contributed by atoms with Crippen molar-refractivity contribution in [2.24, 2.45) is 13.0 Å². The Morgan fingerprint density at radius 1 is 1.35 bits per heavy atom. The molecule has 1 heterocycles. The molecule has 0 bridgehead atoms. The molecule has 8 heteroatoms. The number of aromatic nitrogens is 2. The van der Waals surface area contributed by atoms with E-state index >= 15 is 0 Å². The second-order valence-corrected chi connectivity index (χ2v) is 8.29. The molecule has 3 rings (SSSR count). The SMILES string of the molecule is CCCCn1cc(OC(=O)[C@](O)(c2ccccc2)[C@@H]2CCCC(F)(F)C2)[n+](C)c1C.[Br-]. The highest BCUT2D eigenvalue weighted by molar-refractivity contribution is 5.83. The van der Waals surface area contributed by atoms with Crippen LogP contribution in [-0.4, -0.2) is 21.6 Å². The van der Waals surface area contributed by atoms with Crippen LogP contribution in [0.15, 0.2) is 36.5 Å². The van der Waals surface area contributed by atoms with E-state index in [0.717, 1.165) is 25.2 Å². The van der Waals surface area contributed by atoms with E-state index in [9.17, 15) is 18.7 Å². The molecule has 1 aromatic carbocycles. The average molecular weight is 501 g/mol. The first-order valence-electron chi connectivity index (χ1n) is 10.6. The van der Waals surface area contributed by atoms with E-state index < -0.39 is 29.8 Å². The number of hydrogen-bond acceptors (Lipinski definition) is 3. The van der Waals surface area contributed by atoms with Gasteiger partial charge in [0.15, 0.2) is 11.8 Å². The van der Waals surface area contributed by atoms with Crippen molar-refractivity contribution in [2.45, 2.75) is 70.4 Å². The van der Waals surface area contributed by atoms with Crippen molar-refractivity contribution < 1.29 is 45.0 Å². The Morgan fingerprint density at radius 3 is 2.65 bits per heavy atom. The van der Waals surface area contributed by atoms with Gasteiger partial charge in [-0.1, -0.05) is 43.7 Å². The van der Waals surface area contributed by atoms with E-state index in [-0.39, 0.29) is 41.3 Å². The van der Waals surface area contributed by atoms with Crippen LogP contribution in [0, 0.1) is 12.8 Å². The number of alkyl halides is 2. The van der Waals surface area contributed by atoms with Crippen LogP contribution >= 0.6 is 0 Å². The van der Waals surface area contributed by atoms with Crippen molar-refractivity contribution in [3.63, 3.8) is 0 Å². The second-order valence-electron chi connectivity index (χ2n) is 8.29. The molecule has 1 aliphatic rings. The number of halogens is 3. The molecule has 2 atom stereocenters. The lowest BCUT2D eigenvalue weighted by atomic mass is 9.72. The van der Waals surface area contributed by atoms with E-state index in [4.69, 9.17) is 4.74 Å². The summed E-state index contributed by atoms with van der Waals surface area (Å²) in [4.78, 5) is 13.3. The molecule has 31 heavy (non-hydrogen) atoms. The lowest BCUT2D eigenvalue weighted by Crippen LogP contribution is -3.00. The zero-order valence-electron chi connectivity index (χ0n) is 18.3. The quantitative estimate of drug-likeness (QED) is 0.456. The average Bonchev–Trinajstić information content (AvgIpc) is 2.99. The molecular formula is C23H31BrF2N2O3. The number of esters is 1.